The largest absolute Gasteiger partial charge is 0.448 e. The van der Waals surface area contributed by atoms with Crippen LogP contribution in [-0.2, 0) is 4.74 Å². The average Bonchev–Trinajstić information content (AvgIpc) is 2.66. The summed E-state index contributed by atoms with van der Waals surface area (Å²) >= 11 is 0. The van der Waals surface area contributed by atoms with E-state index in [1.165, 1.54) is 17.1 Å². The lowest BCUT2D eigenvalue weighted by Gasteiger charge is -2.06. The van der Waals surface area contributed by atoms with Gasteiger partial charge in [0.15, 0.2) is 0 Å². The van der Waals surface area contributed by atoms with E-state index in [4.69, 9.17) is 4.74 Å². The lowest BCUT2D eigenvalue weighted by molar-refractivity contribution is 0.138. The molecular weight excluding hydrogens is 168 g/mol. The van der Waals surface area contributed by atoms with Crippen molar-refractivity contribution in [3.05, 3.63) is 31.4 Å². The van der Waals surface area contributed by atoms with Gasteiger partial charge < -0.3 is 4.74 Å². The third kappa shape index (κ3) is 2.74. The number of carbonyl (C=O) groups excluding carboxylic acids is 1. The van der Waals surface area contributed by atoms with E-state index < -0.39 is 6.09 Å². The highest BCUT2D eigenvalue weighted by Gasteiger charge is 2.05. The minimum Gasteiger partial charge on any atom is -0.448 e. The van der Waals surface area contributed by atoms with E-state index in [2.05, 4.69) is 11.6 Å². The predicted molar refractivity (Wildman–Crippen MR) is 48.3 cm³/mol. The molecule has 0 spiro atoms. The van der Waals surface area contributed by atoms with Crippen LogP contribution in [0.5, 0.6) is 0 Å². The summed E-state index contributed by atoms with van der Waals surface area (Å²) < 4.78 is 6.24. The van der Waals surface area contributed by atoms with Crippen molar-refractivity contribution in [2.75, 3.05) is 6.61 Å². The highest BCUT2D eigenvalue weighted by atomic mass is 16.5. The molecule has 0 fully saturated rings. The Morgan fingerprint density at radius 3 is 3.15 bits per heavy atom. The van der Waals surface area contributed by atoms with Gasteiger partial charge in [-0.05, 0) is 0 Å². The Labute approximate surface area is 76.8 Å². The molecule has 0 aliphatic carbocycles. The van der Waals surface area contributed by atoms with Crippen molar-refractivity contribution >= 4 is 6.09 Å². The third-order valence-corrected chi connectivity index (χ3v) is 1.59. The minimum absolute atomic E-state index is 0.174. The van der Waals surface area contributed by atoms with E-state index in [1.54, 1.807) is 12.3 Å². The maximum Gasteiger partial charge on any atom is 0.419 e. The van der Waals surface area contributed by atoms with E-state index in [0.717, 1.165) is 0 Å². The van der Waals surface area contributed by atoms with Gasteiger partial charge in [-0.1, -0.05) is 13.0 Å². The van der Waals surface area contributed by atoms with E-state index in [0.29, 0.717) is 6.61 Å². The molecule has 4 heteroatoms. The summed E-state index contributed by atoms with van der Waals surface area (Å²) in [5, 5.41) is 0. The molecule has 1 unspecified atom stereocenters. The summed E-state index contributed by atoms with van der Waals surface area (Å²) in [7, 11) is 0. The van der Waals surface area contributed by atoms with Crippen LogP contribution < -0.4 is 0 Å². The Hall–Kier alpha value is -1.58. The van der Waals surface area contributed by atoms with E-state index in [1.807, 2.05) is 6.92 Å². The molecule has 1 heterocycles. The van der Waals surface area contributed by atoms with Crippen LogP contribution in [0.1, 0.15) is 6.92 Å². The fraction of sp³-hybridized carbons (Fsp3) is 0.333. The first-order valence-electron chi connectivity index (χ1n) is 4.01. The molecule has 1 atom stereocenters. The zero-order chi connectivity index (χ0) is 9.68. The normalized spacial score (nSPS) is 12.1. The Bertz CT molecular complexity index is 280. The summed E-state index contributed by atoms with van der Waals surface area (Å²) in [6.07, 6.45) is 5.80. The molecule has 0 aromatic carbocycles. The van der Waals surface area contributed by atoms with Gasteiger partial charge in [0, 0.05) is 18.3 Å². The first kappa shape index (κ1) is 9.51. The highest BCUT2D eigenvalue weighted by molar-refractivity contribution is 5.69. The van der Waals surface area contributed by atoms with Crippen LogP contribution in [-0.4, -0.2) is 22.3 Å². The molecule has 0 aliphatic heterocycles. The van der Waals surface area contributed by atoms with Crippen molar-refractivity contribution in [1.82, 2.24) is 9.55 Å². The molecule has 13 heavy (non-hydrogen) atoms. The predicted octanol–water partition coefficient (Wildman–Crippen LogP) is 1.69. The van der Waals surface area contributed by atoms with Gasteiger partial charge in [0.1, 0.15) is 6.33 Å². The van der Waals surface area contributed by atoms with Gasteiger partial charge in [0.25, 0.3) is 0 Å². The van der Waals surface area contributed by atoms with E-state index >= 15 is 0 Å². The van der Waals surface area contributed by atoms with Gasteiger partial charge in [-0.25, -0.2) is 14.3 Å². The third-order valence-electron chi connectivity index (χ3n) is 1.59. The second-order valence-electron chi connectivity index (χ2n) is 2.76. The minimum atomic E-state index is -0.411. The fourth-order valence-electron chi connectivity index (χ4n) is 0.712. The Morgan fingerprint density at radius 1 is 1.85 bits per heavy atom. The smallest absolute Gasteiger partial charge is 0.419 e. The number of ether oxygens (including phenoxy) is 1. The first-order chi connectivity index (χ1) is 6.24. The number of hydrogen-bond donors (Lipinski definition) is 0. The zero-order valence-corrected chi connectivity index (χ0v) is 7.51. The Morgan fingerprint density at radius 2 is 2.62 bits per heavy atom. The fourth-order valence-corrected chi connectivity index (χ4v) is 0.712. The summed E-state index contributed by atoms with van der Waals surface area (Å²) in [5.41, 5.74) is 0. The van der Waals surface area contributed by atoms with Crippen molar-refractivity contribution in [3.8, 4) is 0 Å². The topological polar surface area (TPSA) is 44.1 Å². The number of hydrogen-bond acceptors (Lipinski definition) is 3. The molecule has 0 N–H and O–H groups in total. The SMILES string of the molecule is C=CC(C)COC(=O)n1ccnc1. The molecule has 0 saturated carbocycles. The van der Waals surface area contributed by atoms with Crippen molar-refractivity contribution in [2.24, 2.45) is 5.92 Å². The zero-order valence-electron chi connectivity index (χ0n) is 7.51. The second kappa shape index (κ2) is 4.45. The molecule has 0 amide bonds. The standard InChI is InChI=1S/C9H12N2O2/c1-3-8(2)6-13-9(12)11-5-4-10-7-11/h3-5,7-8H,1,6H2,2H3. The van der Waals surface area contributed by atoms with Gasteiger partial charge in [0.05, 0.1) is 6.61 Å². The van der Waals surface area contributed by atoms with Crippen molar-refractivity contribution < 1.29 is 9.53 Å². The number of nitrogens with zero attached hydrogens (tertiary/aromatic N) is 2. The molecular formula is C9H12N2O2. The van der Waals surface area contributed by atoms with Crippen molar-refractivity contribution in [2.45, 2.75) is 6.92 Å². The summed E-state index contributed by atoms with van der Waals surface area (Å²) in [6.45, 7) is 5.86. The second-order valence-corrected chi connectivity index (χ2v) is 2.76. The number of rotatable bonds is 3. The molecule has 0 aliphatic rings. The molecule has 4 nitrogen and oxygen atoms in total. The van der Waals surface area contributed by atoms with Gasteiger partial charge in [-0.3, -0.25) is 0 Å². The Kier molecular flexibility index (Phi) is 3.25. The summed E-state index contributed by atoms with van der Waals surface area (Å²) in [6, 6.07) is 0. The molecule has 70 valence electrons. The highest BCUT2D eigenvalue weighted by Crippen LogP contribution is 1.98. The molecule has 1 aromatic heterocycles. The molecule has 0 saturated heterocycles. The van der Waals surface area contributed by atoms with Crippen LogP contribution in [0.4, 0.5) is 4.79 Å². The monoisotopic (exact) mass is 180 g/mol. The first-order valence-corrected chi connectivity index (χ1v) is 4.01. The van der Waals surface area contributed by atoms with Crippen molar-refractivity contribution in [1.29, 1.82) is 0 Å². The quantitative estimate of drug-likeness (QED) is 0.665. The number of carbonyl (C=O) groups is 1. The lowest BCUT2D eigenvalue weighted by Crippen LogP contribution is -2.15. The van der Waals surface area contributed by atoms with Crippen LogP contribution in [0.15, 0.2) is 31.4 Å². The summed E-state index contributed by atoms with van der Waals surface area (Å²) in [5.74, 6) is 0.174. The van der Waals surface area contributed by atoms with Crippen LogP contribution in [0.3, 0.4) is 0 Å². The maximum atomic E-state index is 11.2. The average molecular weight is 180 g/mol. The maximum absolute atomic E-state index is 11.2. The molecule has 1 rings (SSSR count). The number of imidazole rings is 1. The lowest BCUT2D eigenvalue weighted by atomic mass is 10.2. The van der Waals surface area contributed by atoms with Crippen LogP contribution in [0.2, 0.25) is 0 Å². The van der Waals surface area contributed by atoms with Gasteiger partial charge in [0.2, 0.25) is 0 Å². The summed E-state index contributed by atoms with van der Waals surface area (Å²) in [4.78, 5) is 14.9. The van der Waals surface area contributed by atoms with Gasteiger partial charge in [-0.15, -0.1) is 6.58 Å². The van der Waals surface area contributed by atoms with Crippen LogP contribution in [0, 0.1) is 5.92 Å². The van der Waals surface area contributed by atoms with Gasteiger partial charge >= 0.3 is 6.09 Å². The van der Waals surface area contributed by atoms with Crippen LogP contribution in [0.25, 0.3) is 0 Å². The molecule has 1 aromatic rings. The Balaban J connectivity index is 2.39. The van der Waals surface area contributed by atoms with Gasteiger partial charge in [-0.2, -0.15) is 0 Å². The van der Waals surface area contributed by atoms with E-state index in [-0.39, 0.29) is 5.92 Å². The number of aromatic nitrogens is 2. The molecule has 0 radical (unpaired) electrons. The molecule has 0 bridgehead atoms. The van der Waals surface area contributed by atoms with E-state index in [9.17, 15) is 4.79 Å². The van der Waals surface area contributed by atoms with Crippen LogP contribution >= 0.6 is 0 Å². The van der Waals surface area contributed by atoms with Crippen molar-refractivity contribution in [3.63, 3.8) is 0 Å².